The molecule has 0 bridgehead atoms. The van der Waals surface area contributed by atoms with Crippen molar-refractivity contribution in [3.05, 3.63) is 40.7 Å². The van der Waals surface area contributed by atoms with Crippen LogP contribution in [0.4, 0.5) is 5.69 Å². The van der Waals surface area contributed by atoms with Crippen molar-refractivity contribution < 1.29 is 9.53 Å². The summed E-state index contributed by atoms with van der Waals surface area (Å²) in [6.45, 7) is 7.52. The molecule has 1 aromatic carbocycles. The fourth-order valence-corrected chi connectivity index (χ4v) is 3.79. The largest absolute Gasteiger partial charge is 0.495 e. The van der Waals surface area contributed by atoms with E-state index in [2.05, 4.69) is 23.0 Å². The van der Waals surface area contributed by atoms with E-state index in [1.165, 1.54) is 0 Å². The van der Waals surface area contributed by atoms with Gasteiger partial charge in [-0.3, -0.25) is 9.48 Å². The number of hydrogen-bond acceptors (Lipinski definition) is 4. The smallest absolute Gasteiger partial charge is 0.259 e. The van der Waals surface area contributed by atoms with Crippen LogP contribution in [0.3, 0.4) is 0 Å². The number of carbonyl (C=O) groups is 1. The molecule has 0 N–H and O–H groups in total. The second kappa shape index (κ2) is 8.65. The Balaban J connectivity index is 1.69. The Morgan fingerprint density at radius 3 is 2.59 bits per heavy atom. The van der Waals surface area contributed by atoms with E-state index in [-0.39, 0.29) is 5.91 Å². The quantitative estimate of drug-likeness (QED) is 0.756. The molecule has 0 unspecified atom stereocenters. The first-order chi connectivity index (χ1) is 13.1. The number of benzene rings is 1. The molecule has 0 aliphatic carbocycles. The molecule has 27 heavy (non-hydrogen) atoms. The van der Waals surface area contributed by atoms with Crippen molar-refractivity contribution in [3.8, 4) is 5.75 Å². The molecule has 2 aromatic rings. The minimum absolute atomic E-state index is 0.0278. The Labute approximate surface area is 165 Å². The Hall–Kier alpha value is -2.21. The highest BCUT2D eigenvalue weighted by molar-refractivity contribution is 6.33. The lowest BCUT2D eigenvalue weighted by Crippen LogP contribution is -2.49. The minimum Gasteiger partial charge on any atom is -0.495 e. The van der Waals surface area contributed by atoms with Crippen LogP contribution in [-0.2, 0) is 6.54 Å². The highest BCUT2D eigenvalue weighted by Gasteiger charge is 2.28. The van der Waals surface area contributed by atoms with Gasteiger partial charge in [-0.1, -0.05) is 37.1 Å². The Morgan fingerprint density at radius 1 is 1.22 bits per heavy atom. The van der Waals surface area contributed by atoms with Gasteiger partial charge >= 0.3 is 0 Å². The number of unbranched alkanes of at least 4 members (excludes halogenated alkanes) is 1. The first-order valence-corrected chi connectivity index (χ1v) is 9.84. The second-order valence-corrected chi connectivity index (χ2v) is 7.14. The fraction of sp³-hybridized carbons (Fsp3) is 0.500. The van der Waals surface area contributed by atoms with E-state index in [0.717, 1.165) is 43.9 Å². The average Bonchev–Trinajstić information content (AvgIpc) is 2.99. The van der Waals surface area contributed by atoms with E-state index < -0.39 is 0 Å². The molecular formula is C20H27ClN4O2. The molecule has 0 saturated carbocycles. The van der Waals surface area contributed by atoms with Crippen molar-refractivity contribution in [2.75, 3.05) is 38.2 Å². The number of para-hydroxylation sites is 2. The van der Waals surface area contributed by atoms with Gasteiger partial charge in [-0.2, -0.15) is 5.10 Å². The summed E-state index contributed by atoms with van der Waals surface area (Å²) in [6.07, 6.45) is 2.05. The molecule has 1 aromatic heterocycles. The number of methoxy groups -OCH3 is 1. The number of ether oxygens (including phenoxy) is 1. The SMILES string of the molecule is CCCCn1nc(C)c(C(=O)N2CCN(c3ccccc3OC)CC2)c1Cl. The number of aryl methyl sites for hydroxylation is 2. The number of amides is 1. The molecule has 7 heteroatoms. The van der Waals surface area contributed by atoms with Crippen LogP contribution in [-0.4, -0.2) is 53.9 Å². The summed E-state index contributed by atoms with van der Waals surface area (Å²) in [4.78, 5) is 17.2. The van der Waals surface area contributed by atoms with Crippen molar-refractivity contribution in [2.45, 2.75) is 33.2 Å². The highest BCUT2D eigenvalue weighted by atomic mass is 35.5. The van der Waals surface area contributed by atoms with E-state index in [1.807, 2.05) is 30.0 Å². The number of halogens is 1. The molecule has 6 nitrogen and oxygen atoms in total. The Morgan fingerprint density at radius 2 is 1.93 bits per heavy atom. The molecule has 1 amide bonds. The van der Waals surface area contributed by atoms with Crippen molar-refractivity contribution >= 4 is 23.2 Å². The van der Waals surface area contributed by atoms with Crippen LogP contribution in [0.1, 0.15) is 35.8 Å². The third-order valence-electron chi connectivity index (χ3n) is 5.00. The maximum absolute atomic E-state index is 13.0. The van der Waals surface area contributed by atoms with Crippen molar-refractivity contribution in [1.29, 1.82) is 0 Å². The van der Waals surface area contributed by atoms with Gasteiger partial charge in [-0.25, -0.2) is 0 Å². The van der Waals surface area contributed by atoms with Gasteiger partial charge in [-0.15, -0.1) is 0 Å². The standard InChI is InChI=1S/C20H27ClN4O2/c1-4-5-10-25-19(21)18(15(2)22-25)20(26)24-13-11-23(12-14-24)16-8-6-7-9-17(16)27-3/h6-9H,4-5,10-14H2,1-3H3. The maximum Gasteiger partial charge on any atom is 0.259 e. The molecule has 0 radical (unpaired) electrons. The zero-order valence-electron chi connectivity index (χ0n) is 16.2. The van der Waals surface area contributed by atoms with Crippen LogP contribution < -0.4 is 9.64 Å². The molecule has 0 spiro atoms. The third-order valence-corrected chi connectivity index (χ3v) is 5.38. The molecule has 146 valence electrons. The number of aromatic nitrogens is 2. The van der Waals surface area contributed by atoms with E-state index in [0.29, 0.717) is 29.5 Å². The van der Waals surface area contributed by atoms with Crippen LogP contribution in [0.2, 0.25) is 5.15 Å². The predicted octanol–water partition coefficient (Wildman–Crippen LogP) is 3.62. The summed E-state index contributed by atoms with van der Waals surface area (Å²) >= 11 is 6.47. The molecule has 1 aliphatic rings. The molecule has 2 heterocycles. The molecule has 3 rings (SSSR count). The van der Waals surface area contributed by atoms with E-state index in [1.54, 1.807) is 11.8 Å². The number of nitrogens with zero attached hydrogens (tertiary/aromatic N) is 4. The van der Waals surface area contributed by atoms with Gasteiger partial charge in [0.25, 0.3) is 5.91 Å². The topological polar surface area (TPSA) is 50.6 Å². The predicted molar refractivity (Wildman–Crippen MR) is 108 cm³/mol. The minimum atomic E-state index is -0.0278. The zero-order valence-corrected chi connectivity index (χ0v) is 17.0. The van der Waals surface area contributed by atoms with Gasteiger partial charge in [0.05, 0.1) is 24.1 Å². The molecule has 0 atom stereocenters. The van der Waals surface area contributed by atoms with Crippen LogP contribution >= 0.6 is 11.6 Å². The van der Waals surface area contributed by atoms with Crippen molar-refractivity contribution in [2.24, 2.45) is 0 Å². The lowest BCUT2D eigenvalue weighted by molar-refractivity contribution is 0.0746. The lowest BCUT2D eigenvalue weighted by Gasteiger charge is -2.36. The van der Waals surface area contributed by atoms with Crippen molar-refractivity contribution in [1.82, 2.24) is 14.7 Å². The van der Waals surface area contributed by atoms with E-state index >= 15 is 0 Å². The summed E-state index contributed by atoms with van der Waals surface area (Å²) in [5, 5.41) is 4.92. The van der Waals surface area contributed by atoms with Crippen LogP contribution in [0.5, 0.6) is 5.75 Å². The molecular weight excluding hydrogens is 364 g/mol. The normalized spacial score (nSPS) is 14.5. The zero-order chi connectivity index (χ0) is 19.4. The molecule has 1 aliphatic heterocycles. The van der Waals surface area contributed by atoms with Gasteiger partial charge < -0.3 is 14.5 Å². The van der Waals surface area contributed by atoms with Crippen LogP contribution in [0.15, 0.2) is 24.3 Å². The maximum atomic E-state index is 13.0. The van der Waals surface area contributed by atoms with Gasteiger partial charge in [0.2, 0.25) is 0 Å². The van der Waals surface area contributed by atoms with Gasteiger partial charge in [-0.05, 0) is 25.5 Å². The fourth-order valence-electron chi connectivity index (χ4n) is 3.45. The highest BCUT2D eigenvalue weighted by Crippen LogP contribution is 2.29. The van der Waals surface area contributed by atoms with Crippen LogP contribution in [0.25, 0.3) is 0 Å². The van der Waals surface area contributed by atoms with E-state index in [9.17, 15) is 4.79 Å². The van der Waals surface area contributed by atoms with E-state index in [4.69, 9.17) is 16.3 Å². The Kier molecular flexibility index (Phi) is 6.26. The number of hydrogen-bond donors (Lipinski definition) is 0. The number of piperazine rings is 1. The van der Waals surface area contributed by atoms with Gasteiger partial charge in [0.15, 0.2) is 0 Å². The average molecular weight is 391 g/mol. The van der Waals surface area contributed by atoms with Crippen LogP contribution in [0, 0.1) is 6.92 Å². The summed E-state index contributed by atoms with van der Waals surface area (Å²) < 4.78 is 7.21. The van der Waals surface area contributed by atoms with Gasteiger partial charge in [0.1, 0.15) is 10.9 Å². The van der Waals surface area contributed by atoms with Gasteiger partial charge in [0, 0.05) is 32.7 Å². The first kappa shape index (κ1) is 19.5. The third kappa shape index (κ3) is 4.05. The van der Waals surface area contributed by atoms with Crippen molar-refractivity contribution in [3.63, 3.8) is 0 Å². The molecule has 1 fully saturated rings. The number of carbonyl (C=O) groups excluding carboxylic acids is 1. The summed E-state index contributed by atoms with van der Waals surface area (Å²) in [5.41, 5.74) is 2.31. The second-order valence-electron chi connectivity index (χ2n) is 6.78. The number of rotatable bonds is 6. The number of anilines is 1. The lowest BCUT2D eigenvalue weighted by atomic mass is 10.2. The Bertz CT molecular complexity index is 797. The molecule has 1 saturated heterocycles. The summed E-state index contributed by atoms with van der Waals surface area (Å²) in [5.74, 6) is 0.827. The monoisotopic (exact) mass is 390 g/mol. The summed E-state index contributed by atoms with van der Waals surface area (Å²) in [6, 6.07) is 7.97. The first-order valence-electron chi connectivity index (χ1n) is 9.47. The summed E-state index contributed by atoms with van der Waals surface area (Å²) in [7, 11) is 1.68.